The highest BCUT2D eigenvalue weighted by atomic mass is 16.5. The lowest BCUT2D eigenvalue weighted by molar-refractivity contribution is -0.135. The molecule has 0 spiro atoms. The molecule has 0 aliphatic carbocycles. The summed E-state index contributed by atoms with van der Waals surface area (Å²) >= 11 is 0. The molecular formula is C22H24N2O4. The Balaban J connectivity index is 2.46. The van der Waals surface area contributed by atoms with Gasteiger partial charge < -0.3 is 25.3 Å². The molecule has 0 unspecified atom stereocenters. The molecule has 28 heavy (non-hydrogen) atoms. The van der Waals surface area contributed by atoms with Crippen molar-refractivity contribution < 1.29 is 19.0 Å². The zero-order valence-electron chi connectivity index (χ0n) is 16.2. The third-order valence-corrected chi connectivity index (χ3v) is 4.14. The van der Waals surface area contributed by atoms with Gasteiger partial charge in [-0.05, 0) is 41.5 Å². The van der Waals surface area contributed by atoms with Gasteiger partial charge in [0.05, 0.1) is 44.0 Å². The van der Waals surface area contributed by atoms with E-state index in [0.717, 1.165) is 11.1 Å². The quantitative estimate of drug-likeness (QED) is 0.310. The molecule has 2 rings (SSSR count). The number of nitrogens with two attached hydrogens (primary N) is 1. The van der Waals surface area contributed by atoms with Gasteiger partial charge in [-0.15, -0.1) is 0 Å². The topological polar surface area (TPSA) is 82.8 Å². The summed E-state index contributed by atoms with van der Waals surface area (Å²) in [7, 11) is 4.45. The van der Waals surface area contributed by atoms with Crippen LogP contribution in [0.3, 0.4) is 0 Å². The van der Waals surface area contributed by atoms with Crippen molar-refractivity contribution in [2.24, 2.45) is 0 Å². The van der Waals surface area contributed by atoms with E-state index in [1.54, 1.807) is 20.3 Å². The van der Waals surface area contributed by atoms with Crippen molar-refractivity contribution in [3.63, 3.8) is 0 Å². The highest BCUT2D eigenvalue weighted by Gasteiger charge is 2.14. The zero-order valence-corrected chi connectivity index (χ0v) is 16.2. The number of nitrogens with one attached hydrogen (secondary N) is 1. The van der Waals surface area contributed by atoms with Crippen molar-refractivity contribution in [3.8, 4) is 22.6 Å². The van der Waals surface area contributed by atoms with Crippen LogP contribution in [0.15, 0.2) is 73.0 Å². The van der Waals surface area contributed by atoms with E-state index in [2.05, 4.69) is 18.5 Å². The molecule has 0 fully saturated rings. The maximum absolute atomic E-state index is 11.9. The van der Waals surface area contributed by atoms with Crippen molar-refractivity contribution in [1.29, 1.82) is 0 Å². The number of carbonyl (C=O) groups is 1. The number of ether oxygens (including phenoxy) is 3. The standard InChI is InChI=1S/C22H24N2O4/c1-6-16(22(25)28-5)18(7-2)24-19-11-9-15(13-21(19)27-4)14-8-10-17(23)20(12-14)26-3/h6-13,24H,1-2,23H2,3-5H3/b18-16-. The Kier molecular flexibility index (Phi) is 6.87. The number of hydrogen-bond acceptors (Lipinski definition) is 6. The van der Waals surface area contributed by atoms with E-state index in [-0.39, 0.29) is 5.57 Å². The normalized spacial score (nSPS) is 11.1. The van der Waals surface area contributed by atoms with Gasteiger partial charge in [-0.2, -0.15) is 0 Å². The lowest BCUT2D eigenvalue weighted by atomic mass is 10.0. The number of hydrogen-bond donors (Lipinski definition) is 2. The van der Waals surface area contributed by atoms with E-state index in [0.29, 0.717) is 28.6 Å². The second kappa shape index (κ2) is 9.32. The third-order valence-electron chi connectivity index (χ3n) is 4.14. The predicted molar refractivity (Wildman–Crippen MR) is 112 cm³/mol. The molecular weight excluding hydrogens is 356 g/mol. The van der Waals surface area contributed by atoms with Gasteiger partial charge in [0.1, 0.15) is 11.5 Å². The third kappa shape index (κ3) is 4.35. The van der Waals surface area contributed by atoms with Crippen LogP contribution in [0.4, 0.5) is 11.4 Å². The summed E-state index contributed by atoms with van der Waals surface area (Å²) in [6, 6.07) is 11.2. The van der Waals surface area contributed by atoms with Crippen LogP contribution in [0, 0.1) is 0 Å². The molecule has 0 saturated heterocycles. The van der Waals surface area contributed by atoms with Crippen molar-refractivity contribution in [1.82, 2.24) is 0 Å². The Labute approximate surface area is 164 Å². The molecule has 6 heteroatoms. The van der Waals surface area contributed by atoms with Gasteiger partial charge in [-0.1, -0.05) is 31.4 Å². The first-order chi connectivity index (χ1) is 13.5. The SMILES string of the molecule is C=C/C(Nc1ccc(-c2ccc(N)c(OC)c2)cc1OC)=C(\C=C)C(=O)OC. The fourth-order valence-electron chi connectivity index (χ4n) is 2.65. The molecule has 2 aromatic rings. The van der Waals surface area contributed by atoms with Gasteiger partial charge >= 0.3 is 5.97 Å². The summed E-state index contributed by atoms with van der Waals surface area (Å²) < 4.78 is 15.6. The summed E-state index contributed by atoms with van der Waals surface area (Å²) in [5.41, 5.74) is 9.69. The maximum Gasteiger partial charge on any atom is 0.339 e. The molecule has 0 heterocycles. The molecule has 146 valence electrons. The number of nitrogen functional groups attached to an aromatic ring is 1. The van der Waals surface area contributed by atoms with Crippen LogP contribution < -0.4 is 20.5 Å². The van der Waals surface area contributed by atoms with Crippen LogP contribution in [0.25, 0.3) is 11.1 Å². The summed E-state index contributed by atoms with van der Waals surface area (Å²) in [4.78, 5) is 11.9. The fraction of sp³-hybridized carbons (Fsp3) is 0.136. The molecule has 0 bridgehead atoms. The molecule has 0 aromatic heterocycles. The minimum Gasteiger partial charge on any atom is -0.495 e. The second-order valence-corrected chi connectivity index (χ2v) is 5.72. The number of benzene rings is 2. The monoisotopic (exact) mass is 380 g/mol. The summed E-state index contributed by atoms with van der Waals surface area (Å²) in [5.74, 6) is 0.673. The Morgan fingerprint density at radius 3 is 2.11 bits per heavy atom. The van der Waals surface area contributed by atoms with Gasteiger partial charge in [0.15, 0.2) is 0 Å². The van der Waals surface area contributed by atoms with E-state index < -0.39 is 5.97 Å². The van der Waals surface area contributed by atoms with Crippen LogP contribution >= 0.6 is 0 Å². The molecule has 0 radical (unpaired) electrons. The molecule has 3 N–H and O–H groups in total. The van der Waals surface area contributed by atoms with Gasteiger partial charge in [-0.3, -0.25) is 0 Å². The fourth-order valence-corrected chi connectivity index (χ4v) is 2.65. The predicted octanol–water partition coefficient (Wildman–Crippen LogP) is 4.16. The second-order valence-electron chi connectivity index (χ2n) is 5.72. The number of methoxy groups -OCH3 is 3. The summed E-state index contributed by atoms with van der Waals surface area (Å²) in [6.45, 7) is 7.41. The van der Waals surface area contributed by atoms with Crippen molar-refractivity contribution in [2.45, 2.75) is 0 Å². The van der Waals surface area contributed by atoms with Gasteiger partial charge in [0, 0.05) is 0 Å². The van der Waals surface area contributed by atoms with E-state index >= 15 is 0 Å². The molecule has 2 aromatic carbocycles. The first-order valence-electron chi connectivity index (χ1n) is 8.45. The van der Waals surface area contributed by atoms with Gasteiger partial charge in [0.2, 0.25) is 0 Å². The van der Waals surface area contributed by atoms with Crippen LogP contribution in [0.2, 0.25) is 0 Å². The van der Waals surface area contributed by atoms with E-state index in [1.165, 1.54) is 19.3 Å². The lowest BCUT2D eigenvalue weighted by Crippen LogP contribution is -2.10. The average Bonchev–Trinajstić information content (AvgIpc) is 2.73. The lowest BCUT2D eigenvalue weighted by Gasteiger charge is -2.15. The van der Waals surface area contributed by atoms with Crippen molar-refractivity contribution in [3.05, 3.63) is 73.0 Å². The van der Waals surface area contributed by atoms with Gasteiger partial charge in [-0.25, -0.2) is 4.79 Å². The first-order valence-corrected chi connectivity index (χ1v) is 8.45. The molecule has 6 nitrogen and oxygen atoms in total. The number of carbonyl (C=O) groups excluding carboxylic acids is 1. The van der Waals surface area contributed by atoms with Crippen molar-refractivity contribution in [2.75, 3.05) is 32.4 Å². The minimum atomic E-state index is -0.512. The van der Waals surface area contributed by atoms with E-state index in [1.807, 2.05) is 30.3 Å². The Morgan fingerprint density at radius 1 is 0.964 bits per heavy atom. The van der Waals surface area contributed by atoms with Crippen molar-refractivity contribution >= 4 is 17.3 Å². The van der Waals surface area contributed by atoms with E-state index in [4.69, 9.17) is 19.9 Å². The largest absolute Gasteiger partial charge is 0.495 e. The van der Waals surface area contributed by atoms with Gasteiger partial charge in [0.25, 0.3) is 0 Å². The van der Waals surface area contributed by atoms with E-state index in [9.17, 15) is 4.79 Å². The summed E-state index contributed by atoms with van der Waals surface area (Å²) in [6.07, 6.45) is 2.93. The Morgan fingerprint density at radius 2 is 1.57 bits per heavy atom. The van der Waals surface area contributed by atoms with Crippen LogP contribution in [-0.4, -0.2) is 27.3 Å². The molecule has 0 atom stereocenters. The number of anilines is 2. The first kappa shape index (κ1) is 20.6. The Hall–Kier alpha value is -3.67. The van der Waals surface area contributed by atoms with Crippen LogP contribution in [-0.2, 0) is 9.53 Å². The smallest absolute Gasteiger partial charge is 0.339 e. The highest BCUT2D eigenvalue weighted by Crippen LogP contribution is 2.34. The number of allylic oxidation sites excluding steroid dienone is 1. The molecule has 0 aliphatic rings. The number of esters is 1. The Bertz CT molecular complexity index is 932. The molecule has 0 saturated carbocycles. The highest BCUT2D eigenvalue weighted by molar-refractivity contribution is 5.93. The average molecular weight is 380 g/mol. The van der Waals surface area contributed by atoms with Crippen LogP contribution in [0.5, 0.6) is 11.5 Å². The minimum absolute atomic E-state index is 0.270. The number of rotatable bonds is 8. The summed E-state index contributed by atoms with van der Waals surface area (Å²) in [5, 5.41) is 3.14. The zero-order chi connectivity index (χ0) is 20.7. The maximum atomic E-state index is 11.9. The molecule has 0 aliphatic heterocycles. The molecule has 0 amide bonds. The van der Waals surface area contributed by atoms with Crippen LogP contribution in [0.1, 0.15) is 0 Å².